The predicted octanol–water partition coefficient (Wildman–Crippen LogP) is 3.98. The molecule has 0 aromatic heterocycles. The standard InChI is InChI=1S/C22H24FNO2/c1-25-22-8-7-17(12-21(22)23)9-18-10-19-14-26-15-20(11-18)24(19)13-16-5-3-2-4-6-16/h2-8,10,12,19-20H,9,11,13-15H2,1H3. The number of rotatable bonds is 5. The van der Waals surface area contributed by atoms with Crippen LogP contribution in [0.25, 0.3) is 0 Å². The number of hydrogen-bond acceptors (Lipinski definition) is 3. The Bertz CT molecular complexity index is 790. The molecule has 4 heteroatoms. The van der Waals surface area contributed by atoms with Gasteiger partial charge in [0.15, 0.2) is 11.6 Å². The van der Waals surface area contributed by atoms with E-state index in [1.54, 1.807) is 12.1 Å². The third kappa shape index (κ3) is 3.67. The van der Waals surface area contributed by atoms with Gasteiger partial charge in [0.1, 0.15) is 0 Å². The van der Waals surface area contributed by atoms with Crippen LogP contribution in [0.15, 0.2) is 60.2 Å². The minimum absolute atomic E-state index is 0.292. The van der Waals surface area contributed by atoms with Crippen LogP contribution < -0.4 is 4.74 Å². The fourth-order valence-electron chi connectivity index (χ4n) is 4.00. The molecule has 2 aromatic rings. The highest BCUT2D eigenvalue weighted by Crippen LogP contribution is 2.31. The summed E-state index contributed by atoms with van der Waals surface area (Å²) in [6.45, 7) is 2.43. The Kier molecular flexibility index (Phi) is 5.05. The van der Waals surface area contributed by atoms with E-state index in [1.807, 2.05) is 6.07 Å². The van der Waals surface area contributed by atoms with Gasteiger partial charge in [-0.25, -0.2) is 4.39 Å². The average Bonchev–Trinajstić information content (AvgIpc) is 2.63. The first-order chi connectivity index (χ1) is 12.7. The van der Waals surface area contributed by atoms with Gasteiger partial charge in [0, 0.05) is 12.6 Å². The van der Waals surface area contributed by atoms with Crippen molar-refractivity contribution in [2.75, 3.05) is 20.3 Å². The molecule has 2 aliphatic heterocycles. The van der Waals surface area contributed by atoms with E-state index in [-0.39, 0.29) is 5.82 Å². The maximum atomic E-state index is 14.0. The Hall–Kier alpha value is -2.17. The summed E-state index contributed by atoms with van der Waals surface area (Å²) >= 11 is 0. The smallest absolute Gasteiger partial charge is 0.165 e. The summed E-state index contributed by atoms with van der Waals surface area (Å²) in [4.78, 5) is 2.54. The molecule has 2 bridgehead atoms. The highest BCUT2D eigenvalue weighted by atomic mass is 19.1. The van der Waals surface area contributed by atoms with E-state index in [4.69, 9.17) is 9.47 Å². The Balaban J connectivity index is 1.50. The van der Waals surface area contributed by atoms with E-state index in [2.05, 4.69) is 41.3 Å². The van der Waals surface area contributed by atoms with Crippen molar-refractivity contribution in [3.8, 4) is 5.75 Å². The molecule has 0 amide bonds. The maximum Gasteiger partial charge on any atom is 0.165 e. The average molecular weight is 353 g/mol. The van der Waals surface area contributed by atoms with Crippen LogP contribution in [-0.4, -0.2) is 37.3 Å². The lowest BCUT2D eigenvalue weighted by molar-refractivity contribution is -0.0440. The van der Waals surface area contributed by atoms with Gasteiger partial charge in [-0.3, -0.25) is 4.90 Å². The molecular weight excluding hydrogens is 329 g/mol. The van der Waals surface area contributed by atoms with Gasteiger partial charge < -0.3 is 9.47 Å². The lowest BCUT2D eigenvalue weighted by Gasteiger charge is -2.45. The zero-order chi connectivity index (χ0) is 17.9. The van der Waals surface area contributed by atoms with Crippen molar-refractivity contribution < 1.29 is 13.9 Å². The van der Waals surface area contributed by atoms with Crippen LogP contribution in [0, 0.1) is 5.82 Å². The lowest BCUT2D eigenvalue weighted by atomic mass is 9.90. The van der Waals surface area contributed by atoms with Crippen molar-refractivity contribution in [1.29, 1.82) is 0 Å². The normalized spacial score (nSPS) is 22.8. The monoisotopic (exact) mass is 353 g/mol. The second-order valence-corrected chi connectivity index (χ2v) is 7.09. The van der Waals surface area contributed by atoms with Crippen molar-refractivity contribution in [3.05, 3.63) is 77.1 Å². The van der Waals surface area contributed by atoms with Crippen LogP contribution in [0.5, 0.6) is 5.75 Å². The number of benzene rings is 2. The molecule has 0 saturated carbocycles. The van der Waals surface area contributed by atoms with E-state index in [0.717, 1.165) is 38.2 Å². The first-order valence-corrected chi connectivity index (χ1v) is 9.12. The Morgan fingerprint density at radius 1 is 1.12 bits per heavy atom. The highest BCUT2D eigenvalue weighted by Gasteiger charge is 2.34. The largest absolute Gasteiger partial charge is 0.494 e. The second-order valence-electron chi connectivity index (χ2n) is 7.09. The van der Waals surface area contributed by atoms with E-state index in [9.17, 15) is 4.39 Å². The third-order valence-corrected chi connectivity index (χ3v) is 5.28. The lowest BCUT2D eigenvalue weighted by Crippen LogP contribution is -2.53. The molecule has 136 valence electrons. The third-order valence-electron chi connectivity index (χ3n) is 5.28. The molecular formula is C22H24FNO2. The molecule has 2 aromatic carbocycles. The van der Waals surface area contributed by atoms with Gasteiger partial charge >= 0.3 is 0 Å². The van der Waals surface area contributed by atoms with Gasteiger partial charge in [0.25, 0.3) is 0 Å². The molecule has 0 N–H and O–H groups in total. The number of hydrogen-bond donors (Lipinski definition) is 0. The Labute approximate surface area is 154 Å². The molecule has 1 saturated heterocycles. The number of ether oxygens (including phenoxy) is 2. The zero-order valence-corrected chi connectivity index (χ0v) is 15.0. The van der Waals surface area contributed by atoms with Crippen LogP contribution in [0.3, 0.4) is 0 Å². The summed E-state index contributed by atoms with van der Waals surface area (Å²) in [5, 5.41) is 0. The van der Waals surface area contributed by atoms with Crippen LogP contribution >= 0.6 is 0 Å². The minimum Gasteiger partial charge on any atom is -0.494 e. The molecule has 0 spiro atoms. The predicted molar refractivity (Wildman–Crippen MR) is 99.7 cm³/mol. The van der Waals surface area contributed by atoms with Crippen molar-refractivity contribution in [1.82, 2.24) is 4.90 Å². The van der Waals surface area contributed by atoms with Gasteiger partial charge in [0.05, 0.1) is 26.4 Å². The van der Waals surface area contributed by atoms with Crippen LogP contribution in [-0.2, 0) is 17.7 Å². The fraction of sp³-hybridized carbons (Fsp3) is 0.364. The van der Waals surface area contributed by atoms with Gasteiger partial charge in [-0.2, -0.15) is 0 Å². The Morgan fingerprint density at radius 2 is 1.96 bits per heavy atom. The summed E-state index contributed by atoms with van der Waals surface area (Å²) in [5.74, 6) is 0.00122. The van der Waals surface area contributed by atoms with Crippen molar-refractivity contribution in [2.45, 2.75) is 31.5 Å². The van der Waals surface area contributed by atoms with E-state index < -0.39 is 0 Å². The van der Waals surface area contributed by atoms with Gasteiger partial charge in [0.2, 0.25) is 0 Å². The number of methoxy groups -OCH3 is 1. The van der Waals surface area contributed by atoms with Crippen LogP contribution in [0.4, 0.5) is 4.39 Å². The Morgan fingerprint density at radius 3 is 2.69 bits per heavy atom. The van der Waals surface area contributed by atoms with Crippen molar-refractivity contribution in [3.63, 3.8) is 0 Å². The summed E-state index contributed by atoms with van der Waals surface area (Å²) in [7, 11) is 1.49. The van der Waals surface area contributed by atoms with Crippen molar-refractivity contribution in [2.24, 2.45) is 0 Å². The molecule has 3 nitrogen and oxygen atoms in total. The summed E-state index contributed by atoms with van der Waals surface area (Å²) in [6.07, 6.45) is 4.07. The summed E-state index contributed by atoms with van der Waals surface area (Å²) in [6, 6.07) is 16.5. The molecule has 0 radical (unpaired) electrons. The van der Waals surface area contributed by atoms with Crippen LogP contribution in [0.2, 0.25) is 0 Å². The zero-order valence-electron chi connectivity index (χ0n) is 15.0. The van der Waals surface area contributed by atoms with Gasteiger partial charge in [-0.05, 0) is 36.1 Å². The van der Waals surface area contributed by atoms with E-state index in [0.29, 0.717) is 17.8 Å². The van der Waals surface area contributed by atoms with Gasteiger partial charge in [-0.15, -0.1) is 0 Å². The first-order valence-electron chi connectivity index (χ1n) is 9.12. The number of halogens is 1. The topological polar surface area (TPSA) is 21.7 Å². The van der Waals surface area contributed by atoms with E-state index >= 15 is 0 Å². The summed E-state index contributed by atoms with van der Waals surface area (Å²) < 4.78 is 24.8. The molecule has 2 atom stereocenters. The number of nitrogens with zero attached hydrogens (tertiary/aromatic N) is 1. The first kappa shape index (κ1) is 17.3. The SMILES string of the molecule is COc1ccc(CC2=CC3COCC(C2)N3Cc2ccccc2)cc1F. The van der Waals surface area contributed by atoms with Gasteiger partial charge in [-0.1, -0.05) is 48.0 Å². The minimum atomic E-state index is -0.296. The number of morpholine rings is 1. The second kappa shape index (κ2) is 7.60. The molecule has 1 fully saturated rings. The molecule has 2 aliphatic rings. The van der Waals surface area contributed by atoms with E-state index in [1.165, 1.54) is 18.2 Å². The highest BCUT2D eigenvalue weighted by molar-refractivity contribution is 5.33. The fourth-order valence-corrected chi connectivity index (χ4v) is 4.00. The summed E-state index contributed by atoms with van der Waals surface area (Å²) in [5.41, 5.74) is 3.70. The van der Waals surface area contributed by atoms with Crippen molar-refractivity contribution >= 4 is 0 Å². The van der Waals surface area contributed by atoms with Crippen LogP contribution in [0.1, 0.15) is 17.5 Å². The quantitative estimate of drug-likeness (QED) is 0.759. The molecule has 4 rings (SSSR count). The molecule has 2 unspecified atom stereocenters. The maximum absolute atomic E-state index is 14.0. The molecule has 0 aliphatic carbocycles. The molecule has 2 heterocycles. The number of fused-ring (bicyclic) bond motifs is 2. The molecule has 26 heavy (non-hydrogen) atoms.